The predicted molar refractivity (Wildman–Crippen MR) is 83.0 cm³/mol. The Balaban J connectivity index is 0.00000200. The van der Waals surface area contributed by atoms with E-state index in [4.69, 9.17) is 5.26 Å². The van der Waals surface area contributed by atoms with E-state index >= 15 is 0 Å². The summed E-state index contributed by atoms with van der Waals surface area (Å²) in [4.78, 5) is 15.7. The lowest BCUT2D eigenvalue weighted by atomic mass is 10.2. The van der Waals surface area contributed by atoms with Gasteiger partial charge in [-0.3, -0.25) is 9.78 Å². The molecule has 0 bridgehead atoms. The number of nitrogens with one attached hydrogen (secondary N) is 1. The van der Waals surface area contributed by atoms with Gasteiger partial charge < -0.3 is 5.32 Å². The second-order valence-electron chi connectivity index (χ2n) is 3.75. The third kappa shape index (κ3) is 4.92. The first kappa shape index (κ1) is 16.0. The van der Waals surface area contributed by atoms with Crippen LogP contribution in [0.25, 0.3) is 0 Å². The fraction of sp³-hybridized carbons (Fsp3) is 0.0714. The largest absolute Gasteiger partial charge is 0.317 e. The number of nitriles is 1. The number of benzene rings is 1. The van der Waals surface area contributed by atoms with Crippen LogP contribution < -0.4 is 5.32 Å². The molecule has 1 amide bonds. The second kappa shape index (κ2) is 8.20. The van der Waals surface area contributed by atoms with E-state index in [0.717, 1.165) is 5.56 Å². The summed E-state index contributed by atoms with van der Waals surface area (Å²) in [5, 5.41) is 11.3. The van der Waals surface area contributed by atoms with Crippen molar-refractivity contribution in [2.45, 2.75) is 5.75 Å². The Morgan fingerprint density at radius 3 is 2.65 bits per heavy atom. The van der Waals surface area contributed by atoms with Crippen molar-refractivity contribution < 1.29 is 4.79 Å². The van der Waals surface area contributed by atoms with E-state index < -0.39 is 0 Å². The summed E-state index contributed by atoms with van der Waals surface area (Å²) in [5.74, 6) is 0.579. The van der Waals surface area contributed by atoms with Crippen molar-refractivity contribution in [3.63, 3.8) is 0 Å². The number of halogens is 1. The summed E-state index contributed by atoms with van der Waals surface area (Å²) in [6, 6.07) is 12.6. The Hall–Kier alpha value is -2.03. The number of anilines is 1. The highest BCUT2D eigenvalue weighted by molar-refractivity contribution is 8.13. The number of pyridine rings is 1. The van der Waals surface area contributed by atoms with Gasteiger partial charge in [0.1, 0.15) is 0 Å². The van der Waals surface area contributed by atoms with Gasteiger partial charge >= 0.3 is 0 Å². The summed E-state index contributed by atoms with van der Waals surface area (Å²) in [7, 11) is 0. The van der Waals surface area contributed by atoms with Crippen LogP contribution in [0.5, 0.6) is 0 Å². The quantitative estimate of drug-likeness (QED) is 0.935. The lowest BCUT2D eigenvalue weighted by Gasteiger charge is -2.04. The molecule has 2 rings (SSSR count). The minimum atomic E-state index is -0.131. The topological polar surface area (TPSA) is 65.8 Å². The molecule has 1 aromatic carbocycles. The van der Waals surface area contributed by atoms with Gasteiger partial charge in [0, 0.05) is 23.8 Å². The Morgan fingerprint density at radius 2 is 2.05 bits per heavy atom. The summed E-state index contributed by atoms with van der Waals surface area (Å²) >= 11 is 1.18. The molecule has 6 heteroatoms. The molecule has 0 unspecified atom stereocenters. The van der Waals surface area contributed by atoms with Crippen LogP contribution in [0.3, 0.4) is 0 Å². The summed E-state index contributed by atoms with van der Waals surface area (Å²) < 4.78 is 0. The van der Waals surface area contributed by atoms with Crippen molar-refractivity contribution in [1.29, 1.82) is 5.26 Å². The predicted octanol–water partition coefficient (Wildman–Crippen LogP) is 3.84. The zero-order chi connectivity index (χ0) is 13.5. The first-order valence-electron chi connectivity index (χ1n) is 5.61. The number of hydrogen-bond acceptors (Lipinski definition) is 4. The van der Waals surface area contributed by atoms with Gasteiger partial charge in [0.25, 0.3) is 5.24 Å². The number of carbonyl (C=O) groups is 1. The van der Waals surface area contributed by atoms with Crippen molar-refractivity contribution in [2.24, 2.45) is 0 Å². The molecule has 1 heterocycles. The van der Waals surface area contributed by atoms with E-state index in [1.165, 1.54) is 11.8 Å². The first-order valence-corrected chi connectivity index (χ1v) is 6.59. The van der Waals surface area contributed by atoms with E-state index in [2.05, 4.69) is 10.3 Å². The van der Waals surface area contributed by atoms with Gasteiger partial charge in [0.2, 0.25) is 0 Å². The molecule has 4 nitrogen and oxygen atoms in total. The highest BCUT2D eigenvalue weighted by atomic mass is 35.5. The molecule has 1 aromatic heterocycles. The van der Waals surface area contributed by atoms with Gasteiger partial charge in [-0.25, -0.2) is 0 Å². The van der Waals surface area contributed by atoms with Gasteiger partial charge in [-0.15, -0.1) is 12.4 Å². The molecule has 0 spiro atoms. The van der Waals surface area contributed by atoms with Crippen molar-refractivity contribution >= 4 is 35.1 Å². The van der Waals surface area contributed by atoms with Crippen LogP contribution in [-0.2, 0) is 5.75 Å². The van der Waals surface area contributed by atoms with Crippen LogP contribution in [0, 0.1) is 11.3 Å². The van der Waals surface area contributed by atoms with Crippen LogP contribution in [0.4, 0.5) is 10.5 Å². The van der Waals surface area contributed by atoms with Crippen LogP contribution in [0.15, 0.2) is 48.8 Å². The number of carbonyl (C=O) groups excluding carboxylic acids is 1. The number of amides is 1. The third-order valence-corrected chi connectivity index (χ3v) is 3.20. The molecule has 0 fully saturated rings. The molecule has 0 saturated heterocycles. The van der Waals surface area contributed by atoms with Crippen molar-refractivity contribution in [1.82, 2.24) is 4.98 Å². The number of rotatable bonds is 3. The van der Waals surface area contributed by atoms with Crippen LogP contribution in [-0.4, -0.2) is 10.2 Å². The van der Waals surface area contributed by atoms with E-state index in [0.29, 0.717) is 17.0 Å². The molecular formula is C14H12ClN3OS. The fourth-order valence-corrected chi connectivity index (χ4v) is 2.07. The Kier molecular flexibility index (Phi) is 6.57. The highest BCUT2D eigenvalue weighted by Gasteiger charge is 2.04. The van der Waals surface area contributed by atoms with Gasteiger partial charge in [-0.05, 0) is 35.9 Å². The maximum atomic E-state index is 11.7. The minimum Gasteiger partial charge on any atom is -0.317 e. The number of aromatic nitrogens is 1. The Labute approximate surface area is 127 Å². The zero-order valence-corrected chi connectivity index (χ0v) is 12.1. The Morgan fingerprint density at radius 1 is 1.30 bits per heavy atom. The summed E-state index contributed by atoms with van der Waals surface area (Å²) in [6.07, 6.45) is 3.44. The van der Waals surface area contributed by atoms with Gasteiger partial charge in [-0.2, -0.15) is 5.26 Å². The van der Waals surface area contributed by atoms with Crippen LogP contribution in [0.2, 0.25) is 0 Å². The number of thioether (sulfide) groups is 1. The summed E-state index contributed by atoms with van der Waals surface area (Å²) in [6.45, 7) is 0. The van der Waals surface area contributed by atoms with E-state index in [1.54, 1.807) is 36.7 Å². The fourth-order valence-electron chi connectivity index (χ4n) is 1.41. The van der Waals surface area contributed by atoms with E-state index in [1.807, 2.05) is 18.2 Å². The maximum Gasteiger partial charge on any atom is 0.283 e. The highest BCUT2D eigenvalue weighted by Crippen LogP contribution is 2.16. The SMILES string of the molecule is Cl.N#Cc1ccc(NC(=O)SCc2cccnc2)cc1. The van der Waals surface area contributed by atoms with Gasteiger partial charge in [-0.1, -0.05) is 17.8 Å². The lowest BCUT2D eigenvalue weighted by Crippen LogP contribution is -2.05. The van der Waals surface area contributed by atoms with Crippen molar-refractivity contribution in [2.75, 3.05) is 5.32 Å². The molecule has 0 aliphatic rings. The standard InChI is InChI=1S/C14H11N3OS.ClH/c15-8-11-3-5-13(6-4-11)17-14(18)19-10-12-2-1-7-16-9-12;/h1-7,9H,10H2,(H,17,18);1H. The van der Waals surface area contributed by atoms with Gasteiger partial charge in [0.15, 0.2) is 0 Å². The van der Waals surface area contributed by atoms with Gasteiger partial charge in [0.05, 0.1) is 11.6 Å². The average Bonchev–Trinajstić information content (AvgIpc) is 2.47. The minimum absolute atomic E-state index is 0. The molecule has 1 N–H and O–H groups in total. The second-order valence-corrected chi connectivity index (χ2v) is 4.70. The van der Waals surface area contributed by atoms with Crippen molar-refractivity contribution in [3.05, 3.63) is 59.9 Å². The monoisotopic (exact) mass is 305 g/mol. The van der Waals surface area contributed by atoms with E-state index in [9.17, 15) is 4.79 Å². The molecular weight excluding hydrogens is 294 g/mol. The van der Waals surface area contributed by atoms with Crippen molar-refractivity contribution in [3.8, 4) is 6.07 Å². The zero-order valence-electron chi connectivity index (χ0n) is 10.4. The summed E-state index contributed by atoms with van der Waals surface area (Å²) in [5.41, 5.74) is 2.26. The Bertz CT molecular complexity index is 596. The molecule has 0 atom stereocenters. The molecule has 20 heavy (non-hydrogen) atoms. The van der Waals surface area contributed by atoms with E-state index in [-0.39, 0.29) is 17.6 Å². The lowest BCUT2D eigenvalue weighted by molar-refractivity contribution is 0.269. The maximum absolute atomic E-state index is 11.7. The molecule has 0 radical (unpaired) electrons. The average molecular weight is 306 g/mol. The smallest absolute Gasteiger partial charge is 0.283 e. The van der Waals surface area contributed by atoms with Crippen LogP contribution >= 0.6 is 24.2 Å². The number of nitrogens with zero attached hydrogens (tertiary/aromatic N) is 2. The molecule has 0 saturated carbocycles. The molecule has 2 aromatic rings. The number of hydrogen-bond donors (Lipinski definition) is 1. The third-order valence-electron chi connectivity index (χ3n) is 2.35. The molecule has 0 aliphatic heterocycles. The first-order chi connectivity index (χ1) is 9.28. The van der Waals surface area contributed by atoms with Crippen LogP contribution in [0.1, 0.15) is 11.1 Å². The normalized spacial score (nSPS) is 9.15. The molecule has 102 valence electrons. The molecule has 0 aliphatic carbocycles.